The van der Waals surface area contributed by atoms with Crippen LogP contribution in [-0.2, 0) is 4.74 Å². The van der Waals surface area contributed by atoms with Gasteiger partial charge in [-0.15, -0.1) is 0 Å². The fourth-order valence-corrected chi connectivity index (χ4v) is 0.975. The number of aldehydes is 1. The van der Waals surface area contributed by atoms with E-state index in [1.807, 2.05) is 13.8 Å². The van der Waals surface area contributed by atoms with Gasteiger partial charge in [-0.25, -0.2) is 4.79 Å². The van der Waals surface area contributed by atoms with Gasteiger partial charge in [-0.05, 0) is 30.2 Å². The van der Waals surface area contributed by atoms with Crippen molar-refractivity contribution in [2.45, 2.75) is 13.8 Å². The summed E-state index contributed by atoms with van der Waals surface area (Å²) in [5, 5.41) is 0. The Morgan fingerprint density at radius 3 is 2.44 bits per heavy atom. The first kappa shape index (κ1) is 12.2. The monoisotopic (exact) mass is 222 g/mol. The minimum Gasteiger partial charge on any atom is -0.434 e. The summed E-state index contributed by atoms with van der Waals surface area (Å²) < 4.78 is 9.72. The molecule has 0 aromatic heterocycles. The van der Waals surface area contributed by atoms with Crippen LogP contribution in [0.4, 0.5) is 4.79 Å². The predicted molar refractivity (Wildman–Crippen MR) is 58.6 cm³/mol. The summed E-state index contributed by atoms with van der Waals surface area (Å²) in [6, 6.07) is 6.22. The van der Waals surface area contributed by atoms with Crippen molar-refractivity contribution in [1.82, 2.24) is 0 Å². The largest absolute Gasteiger partial charge is 0.513 e. The van der Waals surface area contributed by atoms with Crippen LogP contribution in [0.5, 0.6) is 5.75 Å². The van der Waals surface area contributed by atoms with E-state index in [1.165, 1.54) is 0 Å². The standard InChI is InChI=1S/C12H14O4/c1-9(2)8-15-12(14)16-11-5-3-10(7-13)4-6-11/h3-7,9H,8H2,1-2H3. The normalized spacial score (nSPS) is 9.94. The molecule has 0 atom stereocenters. The van der Waals surface area contributed by atoms with Crippen molar-refractivity contribution in [2.24, 2.45) is 5.92 Å². The lowest BCUT2D eigenvalue weighted by atomic mass is 10.2. The van der Waals surface area contributed by atoms with Gasteiger partial charge in [0.2, 0.25) is 0 Å². The average Bonchev–Trinajstić information content (AvgIpc) is 2.27. The molecule has 4 heteroatoms. The first-order valence-electron chi connectivity index (χ1n) is 5.01. The minimum atomic E-state index is -0.729. The second-order valence-electron chi connectivity index (χ2n) is 3.74. The maximum absolute atomic E-state index is 11.2. The molecule has 0 amide bonds. The van der Waals surface area contributed by atoms with Crippen molar-refractivity contribution in [1.29, 1.82) is 0 Å². The number of carbonyl (C=O) groups is 2. The van der Waals surface area contributed by atoms with Crippen LogP contribution in [0, 0.1) is 5.92 Å². The molecule has 0 aliphatic carbocycles. The highest BCUT2D eigenvalue weighted by atomic mass is 16.7. The molecule has 4 nitrogen and oxygen atoms in total. The summed E-state index contributed by atoms with van der Waals surface area (Å²) in [5.74, 6) is 0.629. The van der Waals surface area contributed by atoms with Gasteiger partial charge < -0.3 is 9.47 Å². The Labute approximate surface area is 94.2 Å². The molecule has 0 aliphatic rings. The molecule has 0 radical (unpaired) electrons. The number of benzene rings is 1. The molecule has 0 saturated heterocycles. The summed E-state index contributed by atoms with van der Waals surface area (Å²) in [6.07, 6.45) is -0.00604. The lowest BCUT2D eigenvalue weighted by Gasteiger charge is -2.07. The Hall–Kier alpha value is -1.84. The fourth-order valence-electron chi connectivity index (χ4n) is 0.975. The molecule has 16 heavy (non-hydrogen) atoms. The van der Waals surface area contributed by atoms with Crippen LogP contribution in [0.25, 0.3) is 0 Å². The van der Waals surface area contributed by atoms with E-state index in [2.05, 4.69) is 0 Å². The summed E-state index contributed by atoms with van der Waals surface area (Å²) >= 11 is 0. The van der Waals surface area contributed by atoms with Crippen LogP contribution in [-0.4, -0.2) is 19.0 Å². The molecule has 0 saturated carbocycles. The maximum Gasteiger partial charge on any atom is 0.513 e. The molecule has 0 heterocycles. The third kappa shape index (κ3) is 4.13. The molecule has 1 aromatic carbocycles. The highest BCUT2D eigenvalue weighted by molar-refractivity contribution is 5.75. The number of ether oxygens (including phenoxy) is 2. The van der Waals surface area contributed by atoms with Crippen LogP contribution in [0.3, 0.4) is 0 Å². The number of hydrogen-bond donors (Lipinski definition) is 0. The molecule has 86 valence electrons. The van der Waals surface area contributed by atoms with E-state index in [4.69, 9.17) is 9.47 Å². The SMILES string of the molecule is CC(C)COC(=O)Oc1ccc(C=O)cc1. The zero-order valence-corrected chi connectivity index (χ0v) is 9.30. The van der Waals surface area contributed by atoms with Crippen LogP contribution in [0.1, 0.15) is 24.2 Å². The zero-order chi connectivity index (χ0) is 12.0. The second-order valence-corrected chi connectivity index (χ2v) is 3.74. The first-order chi connectivity index (χ1) is 7.61. The van der Waals surface area contributed by atoms with Crippen molar-refractivity contribution < 1.29 is 19.1 Å². The smallest absolute Gasteiger partial charge is 0.434 e. The van der Waals surface area contributed by atoms with E-state index < -0.39 is 6.16 Å². The molecule has 0 N–H and O–H groups in total. The van der Waals surface area contributed by atoms with E-state index in [0.29, 0.717) is 17.9 Å². The van der Waals surface area contributed by atoms with Crippen molar-refractivity contribution in [2.75, 3.05) is 6.61 Å². The molecule has 0 fully saturated rings. The Kier molecular flexibility index (Phi) is 4.51. The van der Waals surface area contributed by atoms with Crippen LogP contribution in [0.15, 0.2) is 24.3 Å². The van der Waals surface area contributed by atoms with Crippen molar-refractivity contribution in [3.8, 4) is 5.75 Å². The Morgan fingerprint density at radius 2 is 1.94 bits per heavy atom. The highest BCUT2D eigenvalue weighted by Crippen LogP contribution is 2.11. The van der Waals surface area contributed by atoms with Gasteiger partial charge in [0, 0.05) is 5.56 Å². The van der Waals surface area contributed by atoms with Gasteiger partial charge in [0.1, 0.15) is 12.0 Å². The molecule has 0 spiro atoms. The lowest BCUT2D eigenvalue weighted by molar-refractivity contribution is 0.0885. The summed E-state index contributed by atoms with van der Waals surface area (Å²) in [6.45, 7) is 4.20. The topological polar surface area (TPSA) is 52.6 Å². The predicted octanol–water partition coefficient (Wildman–Crippen LogP) is 2.67. The van der Waals surface area contributed by atoms with Gasteiger partial charge in [0.25, 0.3) is 0 Å². The van der Waals surface area contributed by atoms with Crippen LogP contribution < -0.4 is 4.74 Å². The van der Waals surface area contributed by atoms with E-state index in [-0.39, 0.29) is 5.92 Å². The number of carbonyl (C=O) groups excluding carboxylic acids is 2. The third-order valence-electron chi connectivity index (χ3n) is 1.75. The van der Waals surface area contributed by atoms with Crippen LogP contribution >= 0.6 is 0 Å². The molecular weight excluding hydrogens is 208 g/mol. The summed E-state index contributed by atoms with van der Waals surface area (Å²) in [5.41, 5.74) is 0.530. The number of rotatable bonds is 4. The Balaban J connectivity index is 2.46. The summed E-state index contributed by atoms with van der Waals surface area (Å²) in [7, 11) is 0. The fraction of sp³-hybridized carbons (Fsp3) is 0.333. The van der Waals surface area contributed by atoms with Gasteiger partial charge in [-0.2, -0.15) is 0 Å². The Morgan fingerprint density at radius 1 is 1.31 bits per heavy atom. The van der Waals surface area contributed by atoms with Gasteiger partial charge in [-0.1, -0.05) is 13.8 Å². The second kappa shape index (κ2) is 5.90. The quantitative estimate of drug-likeness (QED) is 0.446. The lowest BCUT2D eigenvalue weighted by Crippen LogP contribution is -2.14. The van der Waals surface area contributed by atoms with Gasteiger partial charge in [0.15, 0.2) is 0 Å². The molecule has 0 aliphatic heterocycles. The molecular formula is C12H14O4. The van der Waals surface area contributed by atoms with Crippen molar-refractivity contribution in [3.63, 3.8) is 0 Å². The van der Waals surface area contributed by atoms with Gasteiger partial charge in [-0.3, -0.25) is 4.79 Å². The Bertz CT molecular complexity index is 354. The third-order valence-corrected chi connectivity index (χ3v) is 1.75. The first-order valence-corrected chi connectivity index (χ1v) is 5.01. The van der Waals surface area contributed by atoms with E-state index in [9.17, 15) is 9.59 Å². The number of hydrogen-bond acceptors (Lipinski definition) is 4. The van der Waals surface area contributed by atoms with Crippen LogP contribution in [0.2, 0.25) is 0 Å². The highest BCUT2D eigenvalue weighted by Gasteiger charge is 2.06. The summed E-state index contributed by atoms with van der Waals surface area (Å²) in [4.78, 5) is 21.5. The van der Waals surface area contributed by atoms with E-state index in [1.54, 1.807) is 24.3 Å². The van der Waals surface area contributed by atoms with Gasteiger partial charge >= 0.3 is 6.16 Å². The van der Waals surface area contributed by atoms with Crippen molar-refractivity contribution in [3.05, 3.63) is 29.8 Å². The van der Waals surface area contributed by atoms with E-state index >= 15 is 0 Å². The van der Waals surface area contributed by atoms with Crippen molar-refractivity contribution >= 4 is 12.4 Å². The zero-order valence-electron chi connectivity index (χ0n) is 9.30. The van der Waals surface area contributed by atoms with Gasteiger partial charge in [0.05, 0.1) is 6.61 Å². The molecule has 0 bridgehead atoms. The molecule has 1 aromatic rings. The van der Waals surface area contributed by atoms with E-state index in [0.717, 1.165) is 6.29 Å². The maximum atomic E-state index is 11.2. The minimum absolute atomic E-state index is 0.269. The molecule has 0 unspecified atom stereocenters. The average molecular weight is 222 g/mol. The molecule has 1 rings (SSSR count).